The molecule has 0 unspecified atom stereocenters. The Morgan fingerprint density at radius 3 is 2.48 bits per heavy atom. The van der Waals surface area contributed by atoms with Crippen molar-refractivity contribution in [2.24, 2.45) is 5.92 Å². The van der Waals surface area contributed by atoms with Crippen LogP contribution in [0.5, 0.6) is 0 Å². The lowest BCUT2D eigenvalue weighted by Gasteiger charge is -2.17. The van der Waals surface area contributed by atoms with Gasteiger partial charge in [0, 0.05) is 18.7 Å². The second-order valence-electron chi connectivity index (χ2n) is 5.35. The summed E-state index contributed by atoms with van der Waals surface area (Å²) in [5.74, 6) is -2.12. The first-order valence-electron chi connectivity index (χ1n) is 7.16. The zero-order chi connectivity index (χ0) is 16.4. The van der Waals surface area contributed by atoms with Gasteiger partial charge in [-0.2, -0.15) is 0 Å². The van der Waals surface area contributed by atoms with Gasteiger partial charge in [0.25, 0.3) is 0 Å². The molecule has 1 aliphatic rings. The van der Waals surface area contributed by atoms with Crippen LogP contribution in [0.4, 0.5) is 20.2 Å². The van der Waals surface area contributed by atoms with E-state index in [1.54, 1.807) is 6.07 Å². The molecule has 1 heterocycles. The van der Waals surface area contributed by atoms with Gasteiger partial charge in [0.1, 0.15) is 11.6 Å². The van der Waals surface area contributed by atoms with E-state index < -0.39 is 17.6 Å². The highest BCUT2D eigenvalue weighted by Crippen LogP contribution is 2.28. The van der Waals surface area contributed by atoms with Crippen LogP contribution in [0.1, 0.15) is 6.42 Å². The molecule has 3 rings (SSSR count). The van der Waals surface area contributed by atoms with Crippen molar-refractivity contribution in [1.29, 1.82) is 0 Å². The van der Waals surface area contributed by atoms with Gasteiger partial charge in [-0.15, -0.1) is 0 Å². The van der Waals surface area contributed by atoms with Crippen molar-refractivity contribution < 1.29 is 18.4 Å². The van der Waals surface area contributed by atoms with Gasteiger partial charge in [-0.05, 0) is 36.4 Å². The molecule has 23 heavy (non-hydrogen) atoms. The van der Waals surface area contributed by atoms with Crippen molar-refractivity contribution in [3.63, 3.8) is 0 Å². The third kappa shape index (κ3) is 3.21. The van der Waals surface area contributed by atoms with Crippen molar-refractivity contribution >= 4 is 23.2 Å². The van der Waals surface area contributed by atoms with Crippen LogP contribution in [-0.2, 0) is 9.59 Å². The minimum Gasteiger partial charge on any atom is -0.326 e. The molecule has 1 atom stereocenters. The molecule has 118 valence electrons. The number of nitrogens with one attached hydrogen (secondary N) is 1. The number of carbonyl (C=O) groups excluding carboxylic acids is 2. The van der Waals surface area contributed by atoms with Gasteiger partial charge in [0.05, 0.1) is 11.6 Å². The van der Waals surface area contributed by atoms with Crippen molar-refractivity contribution in [3.8, 4) is 0 Å². The number of para-hydroxylation sites is 1. The maximum absolute atomic E-state index is 13.8. The molecule has 2 aromatic carbocycles. The topological polar surface area (TPSA) is 49.4 Å². The van der Waals surface area contributed by atoms with E-state index >= 15 is 0 Å². The smallest absolute Gasteiger partial charge is 0.229 e. The van der Waals surface area contributed by atoms with E-state index in [2.05, 4.69) is 5.32 Å². The van der Waals surface area contributed by atoms with Gasteiger partial charge in [0.2, 0.25) is 11.8 Å². The van der Waals surface area contributed by atoms with E-state index in [4.69, 9.17) is 0 Å². The van der Waals surface area contributed by atoms with Gasteiger partial charge in [-0.25, -0.2) is 8.78 Å². The average molecular weight is 316 g/mol. The highest BCUT2D eigenvalue weighted by Gasteiger charge is 2.36. The molecule has 6 heteroatoms. The number of rotatable bonds is 3. The summed E-state index contributed by atoms with van der Waals surface area (Å²) in [7, 11) is 0. The van der Waals surface area contributed by atoms with E-state index in [9.17, 15) is 18.4 Å². The molecule has 1 aliphatic heterocycles. The lowest BCUT2D eigenvalue weighted by Crippen LogP contribution is -2.28. The van der Waals surface area contributed by atoms with E-state index in [1.807, 2.05) is 0 Å². The highest BCUT2D eigenvalue weighted by atomic mass is 19.1. The maximum atomic E-state index is 13.8. The van der Waals surface area contributed by atoms with Crippen molar-refractivity contribution in [3.05, 3.63) is 60.2 Å². The van der Waals surface area contributed by atoms with Crippen LogP contribution in [0.15, 0.2) is 48.5 Å². The molecule has 0 radical (unpaired) electrons. The minimum absolute atomic E-state index is 0.0152. The second-order valence-corrected chi connectivity index (χ2v) is 5.35. The van der Waals surface area contributed by atoms with Gasteiger partial charge in [-0.3, -0.25) is 9.59 Å². The molecule has 1 fully saturated rings. The van der Waals surface area contributed by atoms with E-state index in [1.165, 1.54) is 47.4 Å². The summed E-state index contributed by atoms with van der Waals surface area (Å²) < 4.78 is 26.7. The molecule has 0 aromatic heterocycles. The number of hydrogen-bond donors (Lipinski definition) is 1. The second kappa shape index (κ2) is 6.16. The summed E-state index contributed by atoms with van der Waals surface area (Å²) in [5.41, 5.74) is 0.628. The quantitative estimate of drug-likeness (QED) is 0.946. The molecule has 1 N–H and O–H groups in total. The lowest BCUT2D eigenvalue weighted by molar-refractivity contribution is -0.122. The Kier molecular flexibility index (Phi) is 4.06. The summed E-state index contributed by atoms with van der Waals surface area (Å²) in [6.07, 6.45) is 0.0152. The first-order valence-corrected chi connectivity index (χ1v) is 7.16. The average Bonchev–Trinajstić information content (AvgIpc) is 2.92. The number of anilines is 2. The van der Waals surface area contributed by atoms with Crippen LogP contribution >= 0.6 is 0 Å². The predicted molar refractivity (Wildman–Crippen MR) is 81.9 cm³/mol. The Bertz CT molecular complexity index is 747. The number of carbonyl (C=O) groups is 2. The third-order valence-electron chi connectivity index (χ3n) is 3.75. The number of benzene rings is 2. The summed E-state index contributed by atoms with van der Waals surface area (Å²) in [5, 5.41) is 2.64. The van der Waals surface area contributed by atoms with Crippen LogP contribution in [0.25, 0.3) is 0 Å². The fraction of sp³-hybridized carbons (Fsp3) is 0.176. The molecule has 0 aliphatic carbocycles. The van der Waals surface area contributed by atoms with Gasteiger partial charge in [0.15, 0.2) is 0 Å². The molecular weight excluding hydrogens is 302 g/mol. The minimum atomic E-state index is -0.577. The molecule has 2 aromatic rings. The van der Waals surface area contributed by atoms with E-state index in [0.29, 0.717) is 5.69 Å². The standard InChI is InChI=1S/C17H14F2N2O2/c18-12-5-7-13(8-6-12)20-17(23)11-9-16(22)21(10-11)15-4-2-1-3-14(15)19/h1-8,11H,9-10H2,(H,20,23)/t11-/m0/s1. The van der Waals surface area contributed by atoms with Gasteiger partial charge < -0.3 is 10.2 Å². The molecule has 0 spiro atoms. The Morgan fingerprint density at radius 2 is 1.78 bits per heavy atom. The molecular formula is C17H14F2N2O2. The zero-order valence-electron chi connectivity index (χ0n) is 12.1. The van der Waals surface area contributed by atoms with E-state index in [0.717, 1.165) is 0 Å². The molecule has 1 saturated heterocycles. The van der Waals surface area contributed by atoms with Crippen molar-refractivity contribution in [2.75, 3.05) is 16.8 Å². The van der Waals surface area contributed by atoms with Crippen LogP contribution in [0, 0.1) is 17.6 Å². The zero-order valence-corrected chi connectivity index (χ0v) is 12.1. The largest absolute Gasteiger partial charge is 0.326 e. The summed E-state index contributed by atoms with van der Waals surface area (Å²) in [6.45, 7) is 0.118. The van der Waals surface area contributed by atoms with Crippen LogP contribution < -0.4 is 10.2 Å². The number of nitrogens with zero attached hydrogens (tertiary/aromatic N) is 1. The fourth-order valence-corrected chi connectivity index (χ4v) is 2.56. The Morgan fingerprint density at radius 1 is 1.09 bits per heavy atom. The van der Waals surface area contributed by atoms with Gasteiger partial charge in [-0.1, -0.05) is 12.1 Å². The Hall–Kier alpha value is -2.76. The number of amides is 2. The lowest BCUT2D eigenvalue weighted by atomic mass is 10.1. The predicted octanol–water partition coefficient (Wildman–Crippen LogP) is 2.96. The number of hydrogen-bond acceptors (Lipinski definition) is 2. The summed E-state index contributed by atoms with van der Waals surface area (Å²) >= 11 is 0. The van der Waals surface area contributed by atoms with Crippen LogP contribution in [-0.4, -0.2) is 18.4 Å². The normalized spacial score (nSPS) is 17.4. The SMILES string of the molecule is O=C(Nc1ccc(F)cc1)[C@H]1CC(=O)N(c2ccccc2F)C1. The van der Waals surface area contributed by atoms with Crippen LogP contribution in [0.3, 0.4) is 0 Å². The molecule has 2 amide bonds. The van der Waals surface area contributed by atoms with Crippen molar-refractivity contribution in [2.45, 2.75) is 6.42 Å². The summed E-state index contributed by atoms with van der Waals surface area (Å²) in [4.78, 5) is 25.6. The van der Waals surface area contributed by atoms with E-state index in [-0.39, 0.29) is 30.5 Å². The first-order chi connectivity index (χ1) is 11.0. The monoisotopic (exact) mass is 316 g/mol. The molecule has 4 nitrogen and oxygen atoms in total. The molecule has 0 bridgehead atoms. The third-order valence-corrected chi connectivity index (χ3v) is 3.75. The Balaban J connectivity index is 1.71. The summed E-state index contributed by atoms with van der Waals surface area (Å²) in [6, 6.07) is 11.3. The van der Waals surface area contributed by atoms with Crippen LogP contribution in [0.2, 0.25) is 0 Å². The number of halogens is 2. The maximum Gasteiger partial charge on any atom is 0.229 e. The first kappa shape index (κ1) is 15.1. The Labute approximate surface area is 131 Å². The molecule has 0 saturated carbocycles. The fourth-order valence-electron chi connectivity index (χ4n) is 2.56. The van der Waals surface area contributed by atoms with Gasteiger partial charge >= 0.3 is 0 Å². The van der Waals surface area contributed by atoms with Crippen molar-refractivity contribution in [1.82, 2.24) is 0 Å². The highest BCUT2D eigenvalue weighted by molar-refractivity contribution is 6.03.